The summed E-state index contributed by atoms with van der Waals surface area (Å²) in [5, 5.41) is 12.2. The topological polar surface area (TPSA) is 35.5 Å². The highest BCUT2D eigenvalue weighted by Crippen LogP contribution is 2.24. The van der Waals surface area contributed by atoms with Crippen molar-refractivity contribution in [3.8, 4) is 5.75 Å². The maximum atomic E-state index is 8.95. The van der Waals surface area contributed by atoms with Crippen molar-refractivity contribution >= 4 is 28.6 Å². The van der Waals surface area contributed by atoms with Crippen molar-refractivity contribution < 1.29 is 5.11 Å². The molecule has 1 fully saturated rings. The van der Waals surface area contributed by atoms with Gasteiger partial charge in [-0.25, -0.2) is 0 Å². The van der Waals surface area contributed by atoms with Gasteiger partial charge >= 0.3 is 0 Å². The van der Waals surface area contributed by atoms with Gasteiger partial charge in [-0.15, -0.1) is 12.6 Å². The lowest BCUT2D eigenvalue weighted by Gasteiger charge is -2.21. The number of nitrogens with one attached hydrogen (secondary N) is 1. The molecule has 3 nitrogen and oxygen atoms in total. The SMILES string of the molecule is CN1CCNCC1.Oc1ccc(Br)cc1S. The lowest BCUT2D eigenvalue weighted by atomic mass is 10.3. The molecule has 0 aromatic heterocycles. The fourth-order valence-corrected chi connectivity index (χ4v) is 2.02. The Bertz CT molecular complexity index is 330. The Balaban J connectivity index is 0.000000165. The van der Waals surface area contributed by atoms with E-state index in [2.05, 4.69) is 45.8 Å². The standard InChI is InChI=1S/C6H5BrOS.C5H12N2/c7-4-1-2-5(8)6(9)3-4;1-7-4-2-6-3-5-7/h1-3,8-9H;6H,2-5H2,1H3. The summed E-state index contributed by atoms with van der Waals surface area (Å²) in [5.41, 5.74) is 0. The number of phenols is 1. The van der Waals surface area contributed by atoms with Crippen LogP contribution in [-0.4, -0.2) is 43.2 Å². The van der Waals surface area contributed by atoms with Gasteiger partial charge in [0.1, 0.15) is 5.75 Å². The number of likely N-dealkylation sites (N-methyl/N-ethyl adjacent to an activating group) is 1. The first-order chi connectivity index (χ1) is 7.59. The molecule has 2 rings (SSSR count). The van der Waals surface area contributed by atoms with Gasteiger partial charge in [0, 0.05) is 35.5 Å². The Kier molecular flexibility index (Phi) is 6.20. The highest BCUT2D eigenvalue weighted by molar-refractivity contribution is 9.10. The summed E-state index contributed by atoms with van der Waals surface area (Å²) in [7, 11) is 2.15. The zero-order chi connectivity index (χ0) is 12.0. The first kappa shape index (κ1) is 13.8. The van der Waals surface area contributed by atoms with Gasteiger partial charge in [-0.3, -0.25) is 0 Å². The second-order valence-electron chi connectivity index (χ2n) is 3.69. The number of aromatic hydroxyl groups is 1. The van der Waals surface area contributed by atoms with Crippen LogP contribution in [0, 0.1) is 0 Å². The maximum absolute atomic E-state index is 8.95. The Morgan fingerprint density at radius 1 is 1.38 bits per heavy atom. The van der Waals surface area contributed by atoms with Crippen LogP contribution in [0.2, 0.25) is 0 Å². The molecule has 1 aliphatic rings. The molecule has 0 bridgehead atoms. The number of rotatable bonds is 0. The van der Waals surface area contributed by atoms with Crippen LogP contribution in [-0.2, 0) is 0 Å². The molecule has 0 radical (unpaired) electrons. The van der Waals surface area contributed by atoms with Crippen LogP contribution in [0.1, 0.15) is 0 Å². The summed E-state index contributed by atoms with van der Waals surface area (Å²) < 4.78 is 0.922. The molecule has 1 heterocycles. The molecule has 0 aliphatic carbocycles. The van der Waals surface area contributed by atoms with Crippen LogP contribution in [0.5, 0.6) is 5.75 Å². The summed E-state index contributed by atoms with van der Waals surface area (Å²) in [4.78, 5) is 2.92. The predicted molar refractivity (Wildman–Crippen MR) is 73.4 cm³/mol. The van der Waals surface area contributed by atoms with Crippen molar-refractivity contribution in [1.82, 2.24) is 10.2 Å². The third-order valence-corrected chi connectivity index (χ3v) is 3.13. The second-order valence-corrected chi connectivity index (χ2v) is 5.08. The van der Waals surface area contributed by atoms with E-state index < -0.39 is 0 Å². The van der Waals surface area contributed by atoms with E-state index in [-0.39, 0.29) is 5.75 Å². The summed E-state index contributed by atoms with van der Waals surface area (Å²) in [6.45, 7) is 4.74. The molecule has 1 aromatic rings. The highest BCUT2D eigenvalue weighted by atomic mass is 79.9. The zero-order valence-corrected chi connectivity index (χ0v) is 11.8. The molecule has 1 aromatic carbocycles. The summed E-state index contributed by atoms with van der Waals surface area (Å²) in [5.74, 6) is 0.210. The third kappa shape index (κ3) is 5.21. The highest BCUT2D eigenvalue weighted by Gasteiger charge is 2.01. The van der Waals surface area contributed by atoms with Crippen molar-refractivity contribution in [3.05, 3.63) is 22.7 Å². The number of halogens is 1. The summed E-state index contributed by atoms with van der Waals surface area (Å²) in [6.07, 6.45) is 0. The van der Waals surface area contributed by atoms with Gasteiger partial charge in [-0.1, -0.05) is 15.9 Å². The van der Waals surface area contributed by atoms with Crippen LogP contribution in [0.4, 0.5) is 0 Å². The van der Waals surface area contributed by atoms with Crippen LogP contribution < -0.4 is 5.32 Å². The lowest BCUT2D eigenvalue weighted by molar-refractivity contribution is 0.291. The smallest absolute Gasteiger partial charge is 0.128 e. The molecule has 0 unspecified atom stereocenters. The molecule has 90 valence electrons. The Hall–Kier alpha value is -0.230. The molecule has 16 heavy (non-hydrogen) atoms. The number of nitrogens with zero attached hydrogens (tertiary/aromatic N) is 1. The van der Waals surface area contributed by atoms with Gasteiger partial charge in [0.05, 0.1) is 0 Å². The summed E-state index contributed by atoms with van der Waals surface area (Å²) >= 11 is 7.22. The number of benzene rings is 1. The molecule has 1 aliphatic heterocycles. The minimum Gasteiger partial charge on any atom is -0.507 e. The fourth-order valence-electron chi connectivity index (χ4n) is 1.27. The van der Waals surface area contributed by atoms with Gasteiger partial charge in [0.2, 0.25) is 0 Å². The van der Waals surface area contributed by atoms with Crippen LogP contribution in [0.25, 0.3) is 0 Å². The average Bonchev–Trinajstić information content (AvgIpc) is 2.26. The van der Waals surface area contributed by atoms with E-state index in [9.17, 15) is 0 Å². The van der Waals surface area contributed by atoms with Crippen molar-refractivity contribution in [1.29, 1.82) is 0 Å². The van der Waals surface area contributed by atoms with Crippen molar-refractivity contribution in [3.63, 3.8) is 0 Å². The molecule has 0 saturated carbocycles. The van der Waals surface area contributed by atoms with Gasteiger partial charge in [0.15, 0.2) is 0 Å². The Morgan fingerprint density at radius 2 is 2.00 bits per heavy atom. The van der Waals surface area contributed by atoms with Crippen molar-refractivity contribution in [2.24, 2.45) is 0 Å². The zero-order valence-electron chi connectivity index (χ0n) is 9.28. The number of hydrogen-bond acceptors (Lipinski definition) is 4. The van der Waals surface area contributed by atoms with Gasteiger partial charge in [-0.05, 0) is 25.2 Å². The first-order valence-electron chi connectivity index (χ1n) is 5.16. The van der Waals surface area contributed by atoms with E-state index in [0.717, 1.165) is 17.6 Å². The van der Waals surface area contributed by atoms with Gasteiger partial charge < -0.3 is 15.3 Å². The molecule has 0 spiro atoms. The molecular weight excluding hydrogens is 288 g/mol. The minimum absolute atomic E-state index is 0.210. The fraction of sp³-hybridized carbons (Fsp3) is 0.455. The molecule has 2 N–H and O–H groups in total. The third-order valence-electron chi connectivity index (χ3n) is 2.28. The summed E-state index contributed by atoms with van der Waals surface area (Å²) in [6, 6.07) is 5.08. The number of thiol groups is 1. The van der Waals surface area contributed by atoms with E-state index >= 15 is 0 Å². The molecular formula is C11H17BrN2OS. The van der Waals surface area contributed by atoms with Crippen LogP contribution >= 0.6 is 28.6 Å². The molecule has 5 heteroatoms. The van der Waals surface area contributed by atoms with Crippen LogP contribution in [0.3, 0.4) is 0 Å². The first-order valence-corrected chi connectivity index (χ1v) is 6.40. The van der Waals surface area contributed by atoms with E-state index in [4.69, 9.17) is 5.11 Å². The predicted octanol–water partition coefficient (Wildman–Crippen LogP) is 1.96. The normalized spacial score (nSPS) is 16.4. The van der Waals surface area contributed by atoms with E-state index in [1.165, 1.54) is 13.1 Å². The van der Waals surface area contributed by atoms with Gasteiger partial charge in [0.25, 0.3) is 0 Å². The largest absolute Gasteiger partial charge is 0.507 e. The molecule has 0 amide bonds. The van der Waals surface area contributed by atoms with E-state index in [1.807, 2.05) is 0 Å². The number of hydrogen-bond donors (Lipinski definition) is 3. The number of piperazine rings is 1. The van der Waals surface area contributed by atoms with E-state index in [1.54, 1.807) is 18.2 Å². The maximum Gasteiger partial charge on any atom is 0.128 e. The van der Waals surface area contributed by atoms with Crippen molar-refractivity contribution in [2.45, 2.75) is 4.90 Å². The van der Waals surface area contributed by atoms with Crippen LogP contribution in [0.15, 0.2) is 27.6 Å². The Morgan fingerprint density at radius 3 is 2.38 bits per heavy atom. The average molecular weight is 305 g/mol. The second kappa shape index (κ2) is 7.17. The molecule has 0 atom stereocenters. The molecule has 1 saturated heterocycles. The van der Waals surface area contributed by atoms with Gasteiger partial charge in [-0.2, -0.15) is 0 Å². The number of phenolic OH excluding ortho intramolecular Hbond substituents is 1. The lowest BCUT2D eigenvalue weighted by Crippen LogP contribution is -2.40. The Labute approximate surface area is 110 Å². The quantitative estimate of drug-likeness (QED) is 0.641. The van der Waals surface area contributed by atoms with E-state index in [0.29, 0.717) is 4.90 Å². The minimum atomic E-state index is 0.210. The monoisotopic (exact) mass is 304 g/mol. The van der Waals surface area contributed by atoms with Crippen molar-refractivity contribution in [2.75, 3.05) is 33.2 Å².